The topological polar surface area (TPSA) is 67.2 Å². The molecule has 1 aliphatic rings. The van der Waals surface area contributed by atoms with E-state index in [-0.39, 0.29) is 18.1 Å². The second-order valence-corrected chi connectivity index (χ2v) is 9.12. The third kappa shape index (κ3) is 4.28. The molecule has 0 fully saturated rings. The van der Waals surface area contributed by atoms with Gasteiger partial charge >= 0.3 is 0 Å². The number of nitrogens with one attached hydrogen (secondary N) is 1. The number of nitrogens with zero attached hydrogens (tertiary/aromatic N) is 3. The van der Waals surface area contributed by atoms with E-state index in [1.54, 1.807) is 55.5 Å². The van der Waals surface area contributed by atoms with Crippen molar-refractivity contribution < 1.29 is 18.4 Å². The molecule has 0 saturated heterocycles. The summed E-state index contributed by atoms with van der Waals surface area (Å²) in [6.45, 7) is 5.76. The lowest BCUT2D eigenvalue weighted by molar-refractivity contribution is -0.121. The summed E-state index contributed by atoms with van der Waals surface area (Å²) in [4.78, 5) is 28.8. The van der Waals surface area contributed by atoms with E-state index < -0.39 is 29.5 Å². The van der Waals surface area contributed by atoms with Crippen LogP contribution in [0.4, 0.5) is 14.6 Å². The van der Waals surface area contributed by atoms with Gasteiger partial charge in [0.15, 0.2) is 0 Å². The molecule has 2 atom stereocenters. The van der Waals surface area contributed by atoms with E-state index in [1.165, 1.54) is 27.8 Å². The molecular weight excluding hydrogens is 474 g/mol. The average molecular weight is 501 g/mol. The number of hydrogen-bond acceptors (Lipinski definition) is 3. The van der Waals surface area contributed by atoms with Crippen molar-refractivity contribution in [2.45, 2.75) is 32.7 Å². The molecule has 6 nitrogen and oxygen atoms in total. The lowest BCUT2D eigenvalue weighted by Crippen LogP contribution is -2.55. The number of benzene rings is 3. The highest BCUT2D eigenvalue weighted by molar-refractivity contribution is 6.05. The van der Waals surface area contributed by atoms with Crippen molar-refractivity contribution in [3.63, 3.8) is 0 Å². The first kappa shape index (κ1) is 24.4. The number of para-hydroxylation sites is 1. The largest absolute Gasteiger partial charge is 0.339 e. The van der Waals surface area contributed by atoms with Gasteiger partial charge in [-0.2, -0.15) is 5.10 Å². The summed E-state index contributed by atoms with van der Waals surface area (Å²) < 4.78 is 30.1. The molecule has 1 aromatic heterocycles. The minimum absolute atomic E-state index is 0.207. The Morgan fingerprint density at radius 1 is 1.00 bits per heavy atom. The Balaban J connectivity index is 1.70. The minimum Gasteiger partial charge on any atom is -0.339 e. The molecule has 4 aromatic rings. The number of anilines is 1. The first-order chi connectivity index (χ1) is 17.8. The van der Waals surface area contributed by atoms with Gasteiger partial charge in [0.1, 0.15) is 29.2 Å². The maximum absolute atomic E-state index is 14.9. The Morgan fingerprint density at radius 3 is 2.41 bits per heavy atom. The Bertz CT molecular complexity index is 1500. The maximum atomic E-state index is 14.9. The summed E-state index contributed by atoms with van der Waals surface area (Å²) in [5, 5.41) is 7.56. The summed E-state index contributed by atoms with van der Waals surface area (Å²) >= 11 is 0. The molecular formula is C29H26F2N4O2. The number of halogens is 2. The Kier molecular flexibility index (Phi) is 6.33. The molecule has 2 heterocycles. The fraction of sp³-hybridized carbons (Fsp3) is 0.207. The Morgan fingerprint density at radius 2 is 1.73 bits per heavy atom. The van der Waals surface area contributed by atoms with Crippen molar-refractivity contribution in [2.24, 2.45) is 0 Å². The van der Waals surface area contributed by atoms with Gasteiger partial charge in [-0.15, -0.1) is 0 Å². The van der Waals surface area contributed by atoms with Gasteiger partial charge in [0, 0.05) is 23.6 Å². The van der Waals surface area contributed by atoms with Crippen LogP contribution in [0.5, 0.6) is 0 Å². The van der Waals surface area contributed by atoms with E-state index >= 15 is 0 Å². The van der Waals surface area contributed by atoms with Gasteiger partial charge in [-0.25, -0.2) is 13.5 Å². The first-order valence-corrected chi connectivity index (χ1v) is 12.1. The molecule has 0 aliphatic carbocycles. The zero-order chi connectivity index (χ0) is 26.3. The molecule has 0 radical (unpaired) electrons. The lowest BCUT2D eigenvalue weighted by atomic mass is 9.81. The lowest BCUT2D eigenvalue weighted by Gasteiger charge is -2.38. The van der Waals surface area contributed by atoms with Gasteiger partial charge in [-0.3, -0.25) is 14.5 Å². The molecule has 5 rings (SSSR count). The number of carbonyl (C=O) groups is 2. The normalized spacial score (nSPS) is 17.0. The molecule has 1 N–H and O–H groups in total. The number of carbonyl (C=O) groups excluding carboxylic acids is 2. The van der Waals surface area contributed by atoms with Gasteiger partial charge in [0.05, 0.1) is 5.69 Å². The van der Waals surface area contributed by atoms with Crippen LogP contribution in [0.1, 0.15) is 45.6 Å². The van der Waals surface area contributed by atoms with E-state index in [2.05, 4.69) is 10.4 Å². The van der Waals surface area contributed by atoms with Gasteiger partial charge in [-0.05, 0) is 62.7 Å². The first-order valence-electron chi connectivity index (χ1n) is 12.1. The molecule has 8 heteroatoms. The van der Waals surface area contributed by atoms with E-state index in [1.807, 2.05) is 19.9 Å². The van der Waals surface area contributed by atoms with Crippen LogP contribution >= 0.6 is 0 Å². The number of rotatable bonds is 5. The second-order valence-electron chi connectivity index (χ2n) is 9.12. The van der Waals surface area contributed by atoms with Crippen LogP contribution in [-0.4, -0.2) is 34.2 Å². The smallest absolute Gasteiger partial charge is 0.251 e. The predicted molar refractivity (Wildman–Crippen MR) is 137 cm³/mol. The highest BCUT2D eigenvalue weighted by Crippen LogP contribution is 2.43. The number of hydrogen-bond donors (Lipinski definition) is 1. The fourth-order valence-corrected chi connectivity index (χ4v) is 5.01. The SMILES string of the molecule is CCN1C(=O)[C@@H](NC(=O)c2cccc(C)c2)[C@@H](c2ccc(F)cc2)c2c(C)nn(-c3ccccc3F)c21. The maximum Gasteiger partial charge on any atom is 0.251 e. The molecule has 3 aromatic carbocycles. The summed E-state index contributed by atoms with van der Waals surface area (Å²) in [6, 6.07) is 18.2. The minimum atomic E-state index is -0.983. The number of fused-ring (bicyclic) bond motifs is 1. The molecule has 37 heavy (non-hydrogen) atoms. The Hall–Kier alpha value is -4.33. The number of aryl methyl sites for hydroxylation is 2. The molecule has 0 spiro atoms. The van der Waals surface area contributed by atoms with Crippen LogP contribution < -0.4 is 10.2 Å². The van der Waals surface area contributed by atoms with Crippen LogP contribution in [0.2, 0.25) is 0 Å². The summed E-state index contributed by atoms with van der Waals surface area (Å²) in [5.41, 5.74) is 3.44. The molecule has 0 unspecified atom stereocenters. The predicted octanol–water partition coefficient (Wildman–Crippen LogP) is 5.06. The number of amides is 2. The number of aromatic nitrogens is 2. The van der Waals surface area contributed by atoms with Crippen molar-refractivity contribution in [2.75, 3.05) is 11.4 Å². The van der Waals surface area contributed by atoms with Gasteiger partial charge in [0.25, 0.3) is 11.8 Å². The van der Waals surface area contributed by atoms with Crippen molar-refractivity contribution in [3.05, 3.63) is 112 Å². The second kappa shape index (κ2) is 9.61. The standard InChI is InChI=1S/C29H26F2N4O2/c1-4-34-28-24(18(3)33-35(28)23-11-6-5-10-22(23)31)25(19-12-14-21(30)15-13-19)26(29(34)37)32-27(36)20-9-7-8-17(2)16-20/h5-16,25-26H,4H2,1-3H3,(H,32,36)/t25-,26-/m0/s1. The molecule has 188 valence electrons. The van der Waals surface area contributed by atoms with Gasteiger partial charge < -0.3 is 5.32 Å². The molecule has 0 saturated carbocycles. The van der Waals surface area contributed by atoms with Crippen molar-refractivity contribution in [1.29, 1.82) is 0 Å². The molecule has 0 bridgehead atoms. The summed E-state index contributed by atoms with van der Waals surface area (Å²) in [6.07, 6.45) is 0. The van der Waals surface area contributed by atoms with Crippen molar-refractivity contribution in [1.82, 2.24) is 15.1 Å². The van der Waals surface area contributed by atoms with Gasteiger partial charge in [-0.1, -0.05) is 42.0 Å². The monoisotopic (exact) mass is 500 g/mol. The van der Waals surface area contributed by atoms with Crippen LogP contribution in [-0.2, 0) is 4.79 Å². The molecule has 1 aliphatic heterocycles. The quantitative estimate of drug-likeness (QED) is 0.416. The zero-order valence-corrected chi connectivity index (χ0v) is 20.7. The third-order valence-corrected chi connectivity index (χ3v) is 6.71. The van der Waals surface area contributed by atoms with Crippen molar-refractivity contribution >= 4 is 17.6 Å². The highest BCUT2D eigenvalue weighted by Gasteiger charge is 2.45. The van der Waals surface area contributed by atoms with Crippen LogP contribution in [0, 0.1) is 25.5 Å². The van der Waals surface area contributed by atoms with E-state index in [4.69, 9.17) is 0 Å². The Labute approximate surface area is 213 Å². The van der Waals surface area contributed by atoms with Crippen LogP contribution in [0.15, 0.2) is 72.8 Å². The average Bonchev–Trinajstić information content (AvgIpc) is 3.21. The van der Waals surface area contributed by atoms with Crippen LogP contribution in [0.25, 0.3) is 5.69 Å². The summed E-state index contributed by atoms with van der Waals surface area (Å²) in [5.74, 6) is -1.88. The van der Waals surface area contributed by atoms with E-state index in [0.717, 1.165) is 5.56 Å². The fourth-order valence-electron chi connectivity index (χ4n) is 5.01. The van der Waals surface area contributed by atoms with Crippen molar-refractivity contribution in [3.8, 4) is 5.69 Å². The van der Waals surface area contributed by atoms with E-state index in [9.17, 15) is 18.4 Å². The van der Waals surface area contributed by atoms with Crippen LogP contribution in [0.3, 0.4) is 0 Å². The number of likely N-dealkylation sites (N-methyl/N-ethyl adjacent to an activating group) is 1. The zero-order valence-electron chi connectivity index (χ0n) is 20.7. The van der Waals surface area contributed by atoms with E-state index in [0.29, 0.717) is 28.2 Å². The molecule has 2 amide bonds. The third-order valence-electron chi connectivity index (χ3n) is 6.71. The van der Waals surface area contributed by atoms with Gasteiger partial charge in [0.2, 0.25) is 0 Å². The highest BCUT2D eigenvalue weighted by atomic mass is 19.1. The summed E-state index contributed by atoms with van der Waals surface area (Å²) in [7, 11) is 0.